The quantitative estimate of drug-likeness (QED) is 0.734. The number of amides is 2. The Labute approximate surface area is 126 Å². The van der Waals surface area contributed by atoms with E-state index in [1.807, 2.05) is 42.5 Å². The molecule has 0 aromatic heterocycles. The summed E-state index contributed by atoms with van der Waals surface area (Å²) in [5, 5.41) is 13.2. The van der Waals surface area contributed by atoms with Gasteiger partial charge in [-0.25, -0.2) is 4.79 Å². The number of fused-ring (bicyclic) bond motifs is 1. The fourth-order valence-corrected chi connectivity index (χ4v) is 2.27. The fraction of sp³-hybridized carbons (Fsp3) is 0.188. The van der Waals surface area contributed by atoms with Crippen LogP contribution in [0, 0.1) is 0 Å². The molecule has 2 amide bonds. The molecule has 4 N–H and O–H groups in total. The van der Waals surface area contributed by atoms with Crippen molar-refractivity contribution in [3.63, 3.8) is 0 Å². The Morgan fingerprint density at radius 2 is 1.77 bits per heavy atom. The fourth-order valence-electron chi connectivity index (χ4n) is 2.27. The predicted octanol–water partition coefficient (Wildman–Crippen LogP) is 0.827. The molecule has 2 aromatic carbocycles. The maximum atomic E-state index is 12.0. The number of rotatable bonds is 6. The summed E-state index contributed by atoms with van der Waals surface area (Å²) in [6.45, 7) is 0. The van der Waals surface area contributed by atoms with Gasteiger partial charge < -0.3 is 16.2 Å². The van der Waals surface area contributed by atoms with Gasteiger partial charge in [0.1, 0.15) is 6.04 Å². The summed E-state index contributed by atoms with van der Waals surface area (Å²) in [7, 11) is 0. The van der Waals surface area contributed by atoms with Crippen molar-refractivity contribution in [3.05, 3.63) is 48.0 Å². The van der Waals surface area contributed by atoms with Crippen LogP contribution in [-0.2, 0) is 20.8 Å². The van der Waals surface area contributed by atoms with Crippen LogP contribution in [0.25, 0.3) is 10.8 Å². The summed E-state index contributed by atoms with van der Waals surface area (Å²) in [6, 6.07) is 11.9. The Balaban J connectivity index is 2.13. The van der Waals surface area contributed by atoms with Crippen LogP contribution in [-0.4, -0.2) is 28.9 Å². The number of aliphatic carboxylic acids is 1. The van der Waals surface area contributed by atoms with Gasteiger partial charge in [0.25, 0.3) is 0 Å². The van der Waals surface area contributed by atoms with Crippen molar-refractivity contribution in [1.82, 2.24) is 5.32 Å². The van der Waals surface area contributed by atoms with Crippen LogP contribution in [0.1, 0.15) is 12.0 Å². The lowest BCUT2D eigenvalue weighted by molar-refractivity contribution is -0.143. The summed E-state index contributed by atoms with van der Waals surface area (Å²) in [5.41, 5.74) is 5.77. The van der Waals surface area contributed by atoms with Crippen LogP contribution < -0.4 is 11.1 Å². The monoisotopic (exact) mass is 300 g/mol. The summed E-state index contributed by atoms with van der Waals surface area (Å²) >= 11 is 0. The standard InChI is InChI=1S/C16H16N2O4/c17-14(19)9-13(16(21)22)18-15(20)8-11-6-3-5-10-4-1-2-7-12(10)11/h1-7,13H,8-9H2,(H2,17,19)(H,18,20)(H,21,22). The zero-order valence-corrected chi connectivity index (χ0v) is 11.8. The Morgan fingerprint density at radius 3 is 2.45 bits per heavy atom. The van der Waals surface area contributed by atoms with Gasteiger partial charge in [0.2, 0.25) is 11.8 Å². The van der Waals surface area contributed by atoms with Crippen molar-refractivity contribution < 1.29 is 19.5 Å². The first-order chi connectivity index (χ1) is 10.5. The molecule has 0 aliphatic carbocycles. The van der Waals surface area contributed by atoms with Crippen LogP contribution in [0.4, 0.5) is 0 Å². The van der Waals surface area contributed by atoms with Crippen LogP contribution in [0.3, 0.4) is 0 Å². The van der Waals surface area contributed by atoms with E-state index in [1.54, 1.807) is 0 Å². The zero-order chi connectivity index (χ0) is 16.1. The molecule has 0 aliphatic rings. The van der Waals surface area contributed by atoms with Gasteiger partial charge in [0.05, 0.1) is 12.8 Å². The second-order valence-corrected chi connectivity index (χ2v) is 4.94. The number of nitrogens with two attached hydrogens (primary N) is 1. The van der Waals surface area contributed by atoms with Crippen molar-refractivity contribution in [2.24, 2.45) is 5.73 Å². The average Bonchev–Trinajstić information content (AvgIpc) is 2.46. The van der Waals surface area contributed by atoms with Crippen LogP contribution in [0.5, 0.6) is 0 Å². The molecule has 1 atom stereocenters. The van der Waals surface area contributed by atoms with E-state index in [4.69, 9.17) is 10.8 Å². The number of benzene rings is 2. The minimum absolute atomic E-state index is 0.0316. The van der Waals surface area contributed by atoms with Gasteiger partial charge in [-0.2, -0.15) is 0 Å². The van der Waals surface area contributed by atoms with Crippen molar-refractivity contribution in [2.75, 3.05) is 0 Å². The van der Waals surface area contributed by atoms with E-state index in [0.29, 0.717) is 0 Å². The highest BCUT2D eigenvalue weighted by molar-refractivity contribution is 5.92. The molecule has 0 saturated carbocycles. The molecule has 2 rings (SSSR count). The first-order valence-electron chi connectivity index (χ1n) is 6.74. The van der Waals surface area contributed by atoms with Gasteiger partial charge in [-0.15, -0.1) is 0 Å². The number of carbonyl (C=O) groups is 3. The lowest BCUT2D eigenvalue weighted by Crippen LogP contribution is -2.43. The zero-order valence-electron chi connectivity index (χ0n) is 11.8. The molecule has 114 valence electrons. The number of primary amides is 1. The van der Waals surface area contributed by atoms with E-state index in [-0.39, 0.29) is 6.42 Å². The maximum absolute atomic E-state index is 12.0. The SMILES string of the molecule is NC(=O)CC(NC(=O)Cc1cccc2ccccc12)C(=O)O. The summed E-state index contributed by atoms with van der Waals surface area (Å²) in [5.74, 6) is -2.53. The summed E-state index contributed by atoms with van der Waals surface area (Å²) in [4.78, 5) is 33.9. The lowest BCUT2D eigenvalue weighted by Gasteiger charge is -2.13. The van der Waals surface area contributed by atoms with Gasteiger partial charge >= 0.3 is 5.97 Å². The maximum Gasteiger partial charge on any atom is 0.326 e. The molecule has 0 radical (unpaired) electrons. The average molecular weight is 300 g/mol. The number of hydrogen-bond donors (Lipinski definition) is 3. The molecule has 6 heteroatoms. The Hall–Kier alpha value is -2.89. The van der Waals surface area contributed by atoms with Gasteiger partial charge in [0, 0.05) is 0 Å². The normalized spacial score (nSPS) is 11.8. The summed E-state index contributed by atoms with van der Waals surface area (Å²) in [6.07, 6.45) is -0.402. The van der Waals surface area contributed by atoms with Crippen molar-refractivity contribution in [1.29, 1.82) is 0 Å². The predicted molar refractivity (Wildman–Crippen MR) is 81.0 cm³/mol. The Kier molecular flexibility index (Phi) is 4.73. The Morgan fingerprint density at radius 1 is 1.09 bits per heavy atom. The van der Waals surface area contributed by atoms with Gasteiger partial charge in [-0.1, -0.05) is 42.5 Å². The van der Waals surface area contributed by atoms with Crippen molar-refractivity contribution in [3.8, 4) is 0 Å². The van der Waals surface area contributed by atoms with Crippen LogP contribution >= 0.6 is 0 Å². The largest absolute Gasteiger partial charge is 0.480 e. The summed E-state index contributed by atoms with van der Waals surface area (Å²) < 4.78 is 0. The topological polar surface area (TPSA) is 109 Å². The van der Waals surface area contributed by atoms with E-state index in [0.717, 1.165) is 16.3 Å². The third-order valence-corrected chi connectivity index (χ3v) is 3.27. The van der Waals surface area contributed by atoms with E-state index < -0.39 is 30.2 Å². The minimum Gasteiger partial charge on any atom is -0.480 e. The first-order valence-corrected chi connectivity index (χ1v) is 6.74. The molecule has 0 aliphatic heterocycles. The number of nitrogens with one attached hydrogen (secondary N) is 1. The van der Waals surface area contributed by atoms with Crippen LogP contribution in [0.15, 0.2) is 42.5 Å². The van der Waals surface area contributed by atoms with Gasteiger partial charge in [-0.05, 0) is 16.3 Å². The second-order valence-electron chi connectivity index (χ2n) is 4.94. The molecule has 22 heavy (non-hydrogen) atoms. The molecule has 0 spiro atoms. The molecular formula is C16H16N2O4. The van der Waals surface area contributed by atoms with Gasteiger partial charge in [0.15, 0.2) is 0 Å². The molecule has 0 heterocycles. The van der Waals surface area contributed by atoms with E-state index in [9.17, 15) is 14.4 Å². The molecule has 0 fully saturated rings. The van der Waals surface area contributed by atoms with Crippen LogP contribution in [0.2, 0.25) is 0 Å². The number of carbonyl (C=O) groups excluding carboxylic acids is 2. The molecular weight excluding hydrogens is 284 g/mol. The highest BCUT2D eigenvalue weighted by atomic mass is 16.4. The van der Waals surface area contributed by atoms with E-state index in [2.05, 4.69) is 5.32 Å². The van der Waals surface area contributed by atoms with E-state index >= 15 is 0 Å². The number of carboxylic acids is 1. The van der Waals surface area contributed by atoms with E-state index in [1.165, 1.54) is 0 Å². The molecule has 0 saturated heterocycles. The first kappa shape index (κ1) is 15.5. The van der Waals surface area contributed by atoms with Crippen molar-refractivity contribution >= 4 is 28.6 Å². The highest BCUT2D eigenvalue weighted by Crippen LogP contribution is 2.18. The lowest BCUT2D eigenvalue weighted by atomic mass is 10.0. The van der Waals surface area contributed by atoms with Crippen molar-refractivity contribution in [2.45, 2.75) is 18.9 Å². The number of hydrogen-bond acceptors (Lipinski definition) is 3. The Bertz CT molecular complexity index is 722. The third kappa shape index (κ3) is 3.82. The minimum atomic E-state index is -1.31. The molecule has 0 bridgehead atoms. The van der Waals surface area contributed by atoms with Gasteiger partial charge in [-0.3, -0.25) is 9.59 Å². The third-order valence-electron chi connectivity index (χ3n) is 3.27. The smallest absolute Gasteiger partial charge is 0.326 e. The second kappa shape index (κ2) is 6.71. The molecule has 6 nitrogen and oxygen atoms in total. The molecule has 2 aromatic rings. The highest BCUT2D eigenvalue weighted by Gasteiger charge is 2.22. The number of carboxylic acid groups (broad SMARTS) is 1. The molecule has 1 unspecified atom stereocenters.